The standard InChI is InChI=1S/C16H10F5N3O/c17-10-2-1-9(5-11(10)18)15(16-23-7-25-24-16)22-6-8-3-12(19)14(21)13(20)4-8/h1-5,7,15,22H,6H2/t15-/m0/s1. The number of hydrogen-bond donors (Lipinski definition) is 1. The minimum Gasteiger partial charge on any atom is -0.343 e. The van der Waals surface area contributed by atoms with Gasteiger partial charge in [0.25, 0.3) is 0 Å². The number of aromatic nitrogens is 2. The fourth-order valence-electron chi connectivity index (χ4n) is 2.29. The number of halogens is 5. The summed E-state index contributed by atoms with van der Waals surface area (Å²) in [5, 5.41) is 6.48. The lowest BCUT2D eigenvalue weighted by molar-refractivity contribution is 0.401. The van der Waals surface area contributed by atoms with Crippen molar-refractivity contribution < 1.29 is 26.5 Å². The SMILES string of the molecule is Fc1ccc([C@H](NCc2cc(F)c(F)c(F)c2)c2ncon2)cc1F. The molecule has 2 aromatic carbocycles. The number of nitrogens with one attached hydrogen (secondary N) is 1. The lowest BCUT2D eigenvalue weighted by atomic mass is 10.1. The minimum absolute atomic E-state index is 0.104. The second-order valence-corrected chi connectivity index (χ2v) is 5.15. The zero-order valence-corrected chi connectivity index (χ0v) is 12.4. The topological polar surface area (TPSA) is 51.0 Å². The lowest BCUT2D eigenvalue weighted by Crippen LogP contribution is -2.23. The van der Waals surface area contributed by atoms with Crippen LogP contribution in [0.2, 0.25) is 0 Å². The maximum Gasteiger partial charge on any atom is 0.213 e. The van der Waals surface area contributed by atoms with Gasteiger partial charge in [-0.2, -0.15) is 4.98 Å². The van der Waals surface area contributed by atoms with Crippen molar-refractivity contribution >= 4 is 0 Å². The smallest absolute Gasteiger partial charge is 0.213 e. The normalized spacial score (nSPS) is 12.4. The van der Waals surface area contributed by atoms with E-state index in [1.54, 1.807) is 0 Å². The first-order chi connectivity index (χ1) is 12.0. The first-order valence-corrected chi connectivity index (χ1v) is 7.03. The Kier molecular flexibility index (Phi) is 4.75. The summed E-state index contributed by atoms with van der Waals surface area (Å²) in [6.45, 7) is -0.119. The van der Waals surface area contributed by atoms with Gasteiger partial charge in [-0.3, -0.25) is 5.32 Å². The van der Waals surface area contributed by atoms with Crippen LogP contribution in [-0.4, -0.2) is 10.1 Å². The highest BCUT2D eigenvalue weighted by atomic mass is 19.2. The molecule has 1 N–H and O–H groups in total. The molecule has 1 atom stereocenters. The Labute approximate surface area is 138 Å². The van der Waals surface area contributed by atoms with E-state index in [0.29, 0.717) is 0 Å². The highest BCUT2D eigenvalue weighted by molar-refractivity contribution is 5.27. The molecule has 25 heavy (non-hydrogen) atoms. The third kappa shape index (κ3) is 3.66. The van der Waals surface area contributed by atoms with Crippen molar-refractivity contribution in [2.75, 3.05) is 0 Å². The molecule has 0 amide bonds. The van der Waals surface area contributed by atoms with Crippen LogP contribution in [0.5, 0.6) is 0 Å². The van der Waals surface area contributed by atoms with E-state index in [4.69, 9.17) is 0 Å². The largest absolute Gasteiger partial charge is 0.343 e. The van der Waals surface area contributed by atoms with Gasteiger partial charge < -0.3 is 4.52 Å². The molecule has 4 nitrogen and oxygen atoms in total. The molecule has 3 rings (SSSR count). The second-order valence-electron chi connectivity index (χ2n) is 5.15. The van der Waals surface area contributed by atoms with Gasteiger partial charge in [0, 0.05) is 6.54 Å². The number of hydrogen-bond acceptors (Lipinski definition) is 4. The third-order valence-electron chi connectivity index (χ3n) is 3.47. The highest BCUT2D eigenvalue weighted by Crippen LogP contribution is 2.22. The van der Waals surface area contributed by atoms with Crippen LogP contribution in [0, 0.1) is 29.1 Å². The quantitative estimate of drug-likeness (QED) is 0.561. The van der Waals surface area contributed by atoms with Crippen LogP contribution in [0.4, 0.5) is 22.0 Å². The van der Waals surface area contributed by atoms with Crippen molar-refractivity contribution in [3.8, 4) is 0 Å². The molecule has 130 valence electrons. The van der Waals surface area contributed by atoms with Gasteiger partial charge in [0.05, 0.1) is 6.04 Å². The average Bonchev–Trinajstić information content (AvgIpc) is 3.10. The Hall–Kier alpha value is -2.81. The second kappa shape index (κ2) is 6.98. The van der Waals surface area contributed by atoms with Crippen molar-refractivity contribution in [2.24, 2.45) is 0 Å². The summed E-state index contributed by atoms with van der Waals surface area (Å²) in [4.78, 5) is 3.84. The summed E-state index contributed by atoms with van der Waals surface area (Å²) < 4.78 is 70.8. The summed E-state index contributed by atoms with van der Waals surface area (Å²) in [5.41, 5.74) is 0.371. The lowest BCUT2D eigenvalue weighted by Gasteiger charge is -2.16. The van der Waals surface area contributed by atoms with Crippen molar-refractivity contribution in [1.82, 2.24) is 15.5 Å². The van der Waals surface area contributed by atoms with Crippen molar-refractivity contribution in [3.05, 3.63) is 82.8 Å². The van der Waals surface area contributed by atoms with E-state index in [2.05, 4.69) is 20.0 Å². The molecule has 0 bridgehead atoms. The van der Waals surface area contributed by atoms with Crippen LogP contribution in [0.25, 0.3) is 0 Å². The molecule has 9 heteroatoms. The first-order valence-electron chi connectivity index (χ1n) is 7.03. The maximum atomic E-state index is 13.5. The summed E-state index contributed by atoms with van der Waals surface area (Å²) in [6, 6.07) is 3.97. The molecular weight excluding hydrogens is 345 g/mol. The fourth-order valence-corrected chi connectivity index (χ4v) is 2.29. The Bertz CT molecular complexity index is 862. The summed E-state index contributed by atoms with van der Waals surface area (Å²) in [5.74, 6) is -6.24. The van der Waals surface area contributed by atoms with E-state index in [0.717, 1.165) is 30.7 Å². The Morgan fingerprint density at radius 3 is 2.24 bits per heavy atom. The third-order valence-corrected chi connectivity index (χ3v) is 3.47. The van der Waals surface area contributed by atoms with E-state index in [9.17, 15) is 22.0 Å². The van der Waals surface area contributed by atoms with Crippen LogP contribution >= 0.6 is 0 Å². The molecule has 1 heterocycles. The van der Waals surface area contributed by atoms with Gasteiger partial charge in [0.2, 0.25) is 6.39 Å². The summed E-state index contributed by atoms with van der Waals surface area (Å²) in [7, 11) is 0. The predicted octanol–water partition coefficient (Wildman–Crippen LogP) is 3.64. The van der Waals surface area contributed by atoms with Crippen LogP contribution in [0.1, 0.15) is 23.0 Å². The van der Waals surface area contributed by atoms with E-state index >= 15 is 0 Å². The molecule has 0 aliphatic heterocycles. The van der Waals surface area contributed by atoms with Gasteiger partial charge in [-0.05, 0) is 35.4 Å². The number of benzene rings is 2. The Balaban J connectivity index is 1.87. The average molecular weight is 355 g/mol. The fraction of sp³-hybridized carbons (Fsp3) is 0.125. The van der Waals surface area contributed by atoms with Gasteiger partial charge in [-0.25, -0.2) is 22.0 Å². The van der Waals surface area contributed by atoms with E-state index < -0.39 is 35.1 Å². The van der Waals surface area contributed by atoms with E-state index in [1.165, 1.54) is 6.07 Å². The highest BCUT2D eigenvalue weighted by Gasteiger charge is 2.20. The van der Waals surface area contributed by atoms with Crippen LogP contribution in [-0.2, 0) is 6.54 Å². The minimum atomic E-state index is -1.57. The predicted molar refractivity (Wildman–Crippen MR) is 75.7 cm³/mol. The van der Waals surface area contributed by atoms with Crippen molar-refractivity contribution in [3.63, 3.8) is 0 Å². The van der Waals surface area contributed by atoms with Gasteiger partial charge in [0.1, 0.15) is 0 Å². The molecule has 3 aromatic rings. The zero-order chi connectivity index (χ0) is 18.0. The molecule has 0 saturated carbocycles. The molecule has 0 fully saturated rings. The molecule has 1 aromatic heterocycles. The van der Waals surface area contributed by atoms with Gasteiger partial charge in [-0.15, -0.1) is 0 Å². The number of nitrogens with zero attached hydrogens (tertiary/aromatic N) is 2. The number of rotatable bonds is 5. The Morgan fingerprint density at radius 1 is 0.920 bits per heavy atom. The van der Waals surface area contributed by atoms with Crippen LogP contribution < -0.4 is 5.32 Å². The van der Waals surface area contributed by atoms with Crippen molar-refractivity contribution in [1.29, 1.82) is 0 Å². The van der Waals surface area contributed by atoms with Gasteiger partial charge in [0.15, 0.2) is 34.9 Å². The van der Waals surface area contributed by atoms with Crippen LogP contribution in [0.3, 0.4) is 0 Å². The summed E-state index contributed by atoms with van der Waals surface area (Å²) >= 11 is 0. The van der Waals surface area contributed by atoms with E-state index in [-0.39, 0.29) is 23.5 Å². The monoisotopic (exact) mass is 355 g/mol. The first kappa shape index (κ1) is 17.0. The Morgan fingerprint density at radius 2 is 1.64 bits per heavy atom. The maximum absolute atomic E-state index is 13.5. The molecular formula is C16H10F5N3O. The van der Waals surface area contributed by atoms with E-state index in [1.807, 2.05) is 0 Å². The van der Waals surface area contributed by atoms with Crippen molar-refractivity contribution in [2.45, 2.75) is 12.6 Å². The molecule has 0 spiro atoms. The van der Waals surface area contributed by atoms with Gasteiger partial charge in [-0.1, -0.05) is 11.2 Å². The van der Waals surface area contributed by atoms with Gasteiger partial charge >= 0.3 is 0 Å². The molecule has 0 saturated heterocycles. The molecule has 0 aliphatic rings. The molecule has 0 radical (unpaired) electrons. The van der Waals surface area contributed by atoms with Crippen LogP contribution in [0.15, 0.2) is 41.2 Å². The molecule has 0 unspecified atom stereocenters. The zero-order valence-electron chi connectivity index (χ0n) is 12.4. The molecule has 0 aliphatic carbocycles. The summed E-state index contributed by atoms with van der Waals surface area (Å²) in [6.07, 6.45) is 1.04.